The van der Waals surface area contributed by atoms with Crippen LogP contribution in [0.5, 0.6) is 5.88 Å². The number of carbonyl (C=O) groups is 1. The second kappa shape index (κ2) is 5.69. The third-order valence-corrected chi connectivity index (χ3v) is 3.20. The predicted octanol–water partition coefficient (Wildman–Crippen LogP) is 2.18. The molecule has 2 N–H and O–H groups in total. The molecule has 2 heterocycles. The number of carbonyl (C=O) groups excluding carboxylic acids is 1. The highest BCUT2D eigenvalue weighted by atomic mass is 16.5. The molecule has 3 rings (SSSR count). The van der Waals surface area contributed by atoms with Crippen LogP contribution in [0.4, 0.5) is 5.69 Å². The van der Waals surface area contributed by atoms with Gasteiger partial charge in [0.2, 0.25) is 5.88 Å². The van der Waals surface area contributed by atoms with Gasteiger partial charge >= 0.3 is 0 Å². The molecule has 6 heteroatoms. The highest BCUT2D eigenvalue weighted by molar-refractivity contribution is 6.04. The second-order valence-electron chi connectivity index (χ2n) is 4.64. The fourth-order valence-corrected chi connectivity index (χ4v) is 2.11. The van der Waals surface area contributed by atoms with E-state index in [2.05, 4.69) is 15.3 Å². The second-order valence-corrected chi connectivity index (χ2v) is 4.64. The molecule has 110 valence electrons. The van der Waals surface area contributed by atoms with Gasteiger partial charge < -0.3 is 15.0 Å². The van der Waals surface area contributed by atoms with E-state index in [1.54, 1.807) is 36.4 Å². The van der Waals surface area contributed by atoms with Crippen molar-refractivity contribution in [1.82, 2.24) is 9.97 Å². The van der Waals surface area contributed by atoms with Crippen molar-refractivity contribution in [2.24, 2.45) is 0 Å². The summed E-state index contributed by atoms with van der Waals surface area (Å²) < 4.78 is 4.95. The Hall–Kier alpha value is -3.15. The van der Waals surface area contributed by atoms with E-state index in [1.165, 1.54) is 13.3 Å². The van der Waals surface area contributed by atoms with Crippen LogP contribution in [-0.4, -0.2) is 23.0 Å². The quantitative estimate of drug-likeness (QED) is 0.775. The van der Waals surface area contributed by atoms with E-state index in [-0.39, 0.29) is 11.3 Å². The summed E-state index contributed by atoms with van der Waals surface area (Å²) in [5.74, 6) is 0.0481. The van der Waals surface area contributed by atoms with Crippen molar-refractivity contribution in [1.29, 1.82) is 0 Å². The Morgan fingerprint density at radius 1 is 1.23 bits per heavy atom. The van der Waals surface area contributed by atoms with E-state index in [9.17, 15) is 9.59 Å². The minimum absolute atomic E-state index is 0.194. The fraction of sp³-hybridized carbons (Fsp3) is 0.0625. The zero-order chi connectivity index (χ0) is 15.5. The summed E-state index contributed by atoms with van der Waals surface area (Å²) in [7, 11) is 1.51. The van der Waals surface area contributed by atoms with Gasteiger partial charge in [-0.05, 0) is 23.6 Å². The highest BCUT2D eigenvalue weighted by Crippen LogP contribution is 2.13. The Kier molecular flexibility index (Phi) is 3.57. The Balaban J connectivity index is 1.89. The summed E-state index contributed by atoms with van der Waals surface area (Å²) >= 11 is 0. The average molecular weight is 295 g/mol. The highest BCUT2D eigenvalue weighted by Gasteiger charge is 2.10. The molecule has 0 atom stereocenters. The standard InChI is InChI=1S/C16H13N3O3/c1-22-14-7-6-11(9-17-14)18-16(21)13-8-10-4-2-3-5-12(10)15(20)19-13/h2-9H,1H3,(H,18,21)(H,19,20). The lowest BCUT2D eigenvalue weighted by atomic mass is 10.1. The Labute approximate surface area is 125 Å². The Morgan fingerprint density at radius 3 is 2.77 bits per heavy atom. The van der Waals surface area contributed by atoms with E-state index >= 15 is 0 Å². The number of anilines is 1. The lowest BCUT2D eigenvalue weighted by Gasteiger charge is -2.06. The molecule has 0 bridgehead atoms. The average Bonchev–Trinajstić information content (AvgIpc) is 2.55. The number of aromatic nitrogens is 2. The number of ether oxygens (including phenoxy) is 1. The van der Waals surface area contributed by atoms with Crippen molar-refractivity contribution in [3.8, 4) is 5.88 Å². The van der Waals surface area contributed by atoms with Gasteiger partial charge in [0, 0.05) is 11.5 Å². The van der Waals surface area contributed by atoms with Crippen molar-refractivity contribution in [3.63, 3.8) is 0 Å². The molecule has 3 aromatic rings. The number of hydrogen-bond acceptors (Lipinski definition) is 4. The van der Waals surface area contributed by atoms with Gasteiger partial charge in [0.1, 0.15) is 5.69 Å². The molecule has 1 aromatic carbocycles. The molecule has 1 amide bonds. The molecular formula is C16H13N3O3. The first-order valence-electron chi connectivity index (χ1n) is 6.61. The van der Waals surface area contributed by atoms with E-state index in [0.717, 1.165) is 0 Å². The first kappa shape index (κ1) is 13.8. The number of methoxy groups -OCH3 is 1. The van der Waals surface area contributed by atoms with Crippen LogP contribution in [0.1, 0.15) is 10.5 Å². The number of hydrogen-bond donors (Lipinski definition) is 2. The molecule has 0 aliphatic rings. The number of nitrogens with one attached hydrogen (secondary N) is 2. The number of pyridine rings is 2. The maximum atomic E-state index is 12.2. The summed E-state index contributed by atoms with van der Waals surface area (Å²) in [6.45, 7) is 0. The number of fused-ring (bicyclic) bond motifs is 1. The van der Waals surface area contributed by atoms with Crippen molar-refractivity contribution >= 4 is 22.4 Å². The zero-order valence-corrected chi connectivity index (χ0v) is 11.8. The Bertz CT molecular complexity index is 885. The monoisotopic (exact) mass is 295 g/mol. The SMILES string of the molecule is COc1ccc(NC(=O)c2cc3ccccc3c(=O)[nH]2)cn1. The number of rotatable bonds is 3. The maximum Gasteiger partial charge on any atom is 0.272 e. The van der Waals surface area contributed by atoms with E-state index in [1.807, 2.05) is 6.07 Å². The van der Waals surface area contributed by atoms with E-state index in [4.69, 9.17) is 4.74 Å². The normalized spacial score (nSPS) is 10.4. The third-order valence-electron chi connectivity index (χ3n) is 3.20. The topological polar surface area (TPSA) is 84.1 Å². The molecule has 0 aliphatic carbocycles. The van der Waals surface area contributed by atoms with Crippen molar-refractivity contribution in [2.45, 2.75) is 0 Å². The van der Waals surface area contributed by atoms with Crippen molar-refractivity contribution < 1.29 is 9.53 Å². The molecule has 0 fully saturated rings. The number of benzene rings is 1. The van der Waals surface area contributed by atoms with Crippen LogP contribution in [0.25, 0.3) is 10.8 Å². The van der Waals surface area contributed by atoms with E-state index < -0.39 is 5.91 Å². The lowest BCUT2D eigenvalue weighted by molar-refractivity contribution is 0.102. The summed E-state index contributed by atoms with van der Waals surface area (Å²) in [6, 6.07) is 12.0. The van der Waals surface area contributed by atoms with Gasteiger partial charge in [-0.2, -0.15) is 0 Å². The largest absolute Gasteiger partial charge is 0.481 e. The van der Waals surface area contributed by atoms with E-state index in [0.29, 0.717) is 22.3 Å². The van der Waals surface area contributed by atoms with Crippen molar-refractivity contribution in [2.75, 3.05) is 12.4 Å². The number of nitrogens with zero attached hydrogens (tertiary/aromatic N) is 1. The predicted molar refractivity (Wildman–Crippen MR) is 83.3 cm³/mol. The molecule has 0 unspecified atom stereocenters. The maximum absolute atomic E-state index is 12.2. The van der Waals surface area contributed by atoms with Crippen LogP contribution >= 0.6 is 0 Å². The zero-order valence-electron chi connectivity index (χ0n) is 11.8. The van der Waals surface area contributed by atoms with Gasteiger partial charge in [0.05, 0.1) is 19.0 Å². The minimum atomic E-state index is -0.408. The van der Waals surface area contributed by atoms with Gasteiger partial charge in [-0.1, -0.05) is 18.2 Å². The van der Waals surface area contributed by atoms with Gasteiger partial charge in [0.25, 0.3) is 11.5 Å². The van der Waals surface area contributed by atoms with Crippen LogP contribution < -0.4 is 15.6 Å². The molecule has 0 radical (unpaired) electrons. The first-order valence-corrected chi connectivity index (χ1v) is 6.61. The molecule has 6 nitrogen and oxygen atoms in total. The lowest BCUT2D eigenvalue weighted by Crippen LogP contribution is -2.19. The third kappa shape index (κ3) is 2.67. The molecule has 0 saturated heterocycles. The van der Waals surface area contributed by atoms with Crippen LogP contribution in [0.2, 0.25) is 0 Å². The smallest absolute Gasteiger partial charge is 0.272 e. The number of amides is 1. The van der Waals surface area contributed by atoms with Crippen LogP contribution in [-0.2, 0) is 0 Å². The summed E-state index contributed by atoms with van der Waals surface area (Å²) in [4.78, 5) is 30.8. The summed E-state index contributed by atoms with van der Waals surface area (Å²) in [5.41, 5.74) is 0.412. The van der Waals surface area contributed by atoms with Gasteiger partial charge in [-0.25, -0.2) is 4.98 Å². The minimum Gasteiger partial charge on any atom is -0.481 e. The number of aromatic amines is 1. The number of H-pyrrole nitrogens is 1. The van der Waals surface area contributed by atoms with Gasteiger partial charge in [0.15, 0.2) is 0 Å². The first-order chi connectivity index (χ1) is 10.7. The molecular weight excluding hydrogens is 282 g/mol. The van der Waals surface area contributed by atoms with Crippen LogP contribution in [0, 0.1) is 0 Å². The van der Waals surface area contributed by atoms with Crippen molar-refractivity contribution in [3.05, 3.63) is 64.7 Å². The van der Waals surface area contributed by atoms with Gasteiger partial charge in [-0.3, -0.25) is 9.59 Å². The molecule has 0 aliphatic heterocycles. The van der Waals surface area contributed by atoms with Crippen LogP contribution in [0.3, 0.4) is 0 Å². The van der Waals surface area contributed by atoms with Gasteiger partial charge in [-0.15, -0.1) is 0 Å². The summed E-state index contributed by atoms with van der Waals surface area (Å²) in [6.07, 6.45) is 1.48. The molecule has 0 saturated carbocycles. The molecule has 2 aromatic heterocycles. The Morgan fingerprint density at radius 2 is 2.05 bits per heavy atom. The molecule has 0 spiro atoms. The molecule has 22 heavy (non-hydrogen) atoms. The summed E-state index contributed by atoms with van der Waals surface area (Å²) in [5, 5.41) is 3.93. The van der Waals surface area contributed by atoms with Crippen LogP contribution in [0.15, 0.2) is 53.5 Å². The fourth-order valence-electron chi connectivity index (χ4n) is 2.11.